The molecule has 2 aromatic heterocycles. The van der Waals surface area contributed by atoms with Crippen LogP contribution in [0.2, 0.25) is 5.15 Å². The Kier molecular flexibility index (Phi) is 4.34. The first-order valence-electron chi connectivity index (χ1n) is 5.72. The van der Waals surface area contributed by atoms with E-state index < -0.39 is 0 Å². The summed E-state index contributed by atoms with van der Waals surface area (Å²) in [5.74, 6) is 1.21. The fourth-order valence-electron chi connectivity index (χ4n) is 1.63. The van der Waals surface area contributed by atoms with Gasteiger partial charge in [0.15, 0.2) is 5.82 Å². The van der Waals surface area contributed by atoms with Crippen LogP contribution < -0.4 is 5.32 Å². The molecule has 0 aliphatic rings. The highest BCUT2D eigenvalue weighted by atomic mass is 35.5. The first-order chi connectivity index (χ1) is 9.01. The van der Waals surface area contributed by atoms with Crippen LogP contribution in [0.5, 0.6) is 0 Å². The largest absolute Gasteiger partial charge is 0.377 e. The number of nitrogens with one attached hydrogen (secondary N) is 1. The van der Waals surface area contributed by atoms with E-state index in [4.69, 9.17) is 16.3 Å². The Balaban J connectivity index is 2.23. The third-order valence-corrected chi connectivity index (χ3v) is 3.71. The third kappa shape index (κ3) is 3.62. The van der Waals surface area contributed by atoms with Crippen molar-refractivity contribution in [1.29, 1.82) is 0 Å². The number of hydrogen-bond acceptors (Lipinski definition) is 6. The van der Waals surface area contributed by atoms with Crippen LogP contribution in [0.15, 0.2) is 17.6 Å². The van der Waals surface area contributed by atoms with Crippen molar-refractivity contribution in [3.63, 3.8) is 0 Å². The molecule has 2 aromatic rings. The Hall–Kier alpha value is -1.24. The Morgan fingerprint density at radius 1 is 1.42 bits per heavy atom. The zero-order valence-corrected chi connectivity index (χ0v) is 12.5. The average molecular weight is 299 g/mol. The molecule has 0 unspecified atom stereocenters. The summed E-state index contributed by atoms with van der Waals surface area (Å²) in [5, 5.41) is 6.63. The number of hydrogen-bond donors (Lipinski definition) is 1. The van der Waals surface area contributed by atoms with Crippen molar-refractivity contribution in [2.45, 2.75) is 26.0 Å². The van der Waals surface area contributed by atoms with Gasteiger partial charge in [0.05, 0.1) is 5.54 Å². The smallest absolute Gasteiger partial charge is 0.158 e. The van der Waals surface area contributed by atoms with Gasteiger partial charge in [0, 0.05) is 24.8 Å². The van der Waals surface area contributed by atoms with Crippen LogP contribution in [-0.2, 0) is 16.9 Å². The van der Waals surface area contributed by atoms with Crippen LogP contribution in [0, 0.1) is 0 Å². The minimum absolute atomic E-state index is 0.323. The minimum Gasteiger partial charge on any atom is -0.377 e. The standard InChI is InChI=1S/C12H15ClN4OS/c1-12(2,11-14-4-5-19-11)17-9-6-8(13)15-10(16-9)7-18-3/h4-6H,7H2,1-3H3,(H,15,16,17). The number of ether oxygens (including phenoxy) is 1. The molecule has 0 radical (unpaired) electrons. The molecule has 0 aliphatic carbocycles. The molecule has 0 saturated heterocycles. The second-order valence-corrected chi connectivity index (χ2v) is 5.79. The van der Waals surface area contributed by atoms with E-state index in [0.717, 1.165) is 5.01 Å². The highest BCUT2D eigenvalue weighted by Gasteiger charge is 2.23. The molecular formula is C12H15ClN4OS. The molecule has 0 saturated carbocycles. The molecule has 0 bridgehead atoms. The molecule has 0 aliphatic heterocycles. The van der Waals surface area contributed by atoms with Gasteiger partial charge in [0.25, 0.3) is 0 Å². The van der Waals surface area contributed by atoms with Crippen LogP contribution in [0.1, 0.15) is 24.7 Å². The fourth-order valence-corrected chi connectivity index (χ4v) is 2.55. The first kappa shape index (κ1) is 14.2. The van der Waals surface area contributed by atoms with Gasteiger partial charge in [-0.1, -0.05) is 11.6 Å². The lowest BCUT2D eigenvalue weighted by Gasteiger charge is -2.24. The quantitative estimate of drug-likeness (QED) is 0.860. The summed E-state index contributed by atoms with van der Waals surface area (Å²) in [6, 6.07) is 1.69. The Morgan fingerprint density at radius 2 is 2.21 bits per heavy atom. The summed E-state index contributed by atoms with van der Waals surface area (Å²) >= 11 is 7.57. The molecule has 0 spiro atoms. The van der Waals surface area contributed by atoms with Gasteiger partial charge in [-0.3, -0.25) is 0 Å². The van der Waals surface area contributed by atoms with Gasteiger partial charge < -0.3 is 10.1 Å². The number of anilines is 1. The molecule has 5 nitrogen and oxygen atoms in total. The van der Waals surface area contributed by atoms with Gasteiger partial charge in [0.1, 0.15) is 22.6 Å². The van der Waals surface area contributed by atoms with E-state index in [0.29, 0.717) is 23.4 Å². The van der Waals surface area contributed by atoms with Crippen LogP contribution in [0.3, 0.4) is 0 Å². The third-order valence-electron chi connectivity index (χ3n) is 2.42. The number of thiazole rings is 1. The average Bonchev–Trinajstić information content (AvgIpc) is 2.81. The van der Waals surface area contributed by atoms with Gasteiger partial charge in [-0.05, 0) is 13.8 Å². The van der Waals surface area contributed by atoms with Crippen molar-refractivity contribution in [3.05, 3.63) is 33.6 Å². The van der Waals surface area contributed by atoms with Crippen LogP contribution in [0.25, 0.3) is 0 Å². The van der Waals surface area contributed by atoms with E-state index >= 15 is 0 Å². The molecular weight excluding hydrogens is 284 g/mol. The summed E-state index contributed by atoms with van der Waals surface area (Å²) < 4.78 is 5.02. The van der Waals surface area contributed by atoms with Crippen molar-refractivity contribution < 1.29 is 4.74 Å². The predicted octanol–water partition coefficient (Wildman–Crippen LogP) is 3.08. The van der Waals surface area contributed by atoms with Crippen molar-refractivity contribution >= 4 is 28.8 Å². The maximum atomic E-state index is 5.98. The van der Waals surface area contributed by atoms with Crippen molar-refractivity contribution in [3.8, 4) is 0 Å². The summed E-state index contributed by atoms with van der Waals surface area (Å²) in [6.07, 6.45) is 1.78. The minimum atomic E-state index is -0.323. The lowest BCUT2D eigenvalue weighted by molar-refractivity contribution is 0.178. The van der Waals surface area contributed by atoms with Gasteiger partial charge in [0.2, 0.25) is 0 Å². The van der Waals surface area contributed by atoms with Crippen LogP contribution >= 0.6 is 22.9 Å². The number of rotatable bonds is 5. The maximum Gasteiger partial charge on any atom is 0.158 e. The van der Waals surface area contributed by atoms with Crippen molar-refractivity contribution in [2.75, 3.05) is 12.4 Å². The van der Waals surface area contributed by atoms with E-state index in [2.05, 4.69) is 20.3 Å². The Morgan fingerprint density at radius 3 is 2.84 bits per heavy atom. The van der Waals surface area contributed by atoms with E-state index in [9.17, 15) is 0 Å². The number of nitrogens with zero attached hydrogens (tertiary/aromatic N) is 3. The monoisotopic (exact) mass is 298 g/mol. The topological polar surface area (TPSA) is 59.9 Å². The summed E-state index contributed by atoms with van der Waals surface area (Å²) in [6.45, 7) is 4.41. The summed E-state index contributed by atoms with van der Waals surface area (Å²) in [5.41, 5.74) is -0.323. The van der Waals surface area contributed by atoms with E-state index in [1.165, 1.54) is 0 Å². The molecule has 102 valence electrons. The predicted molar refractivity (Wildman–Crippen MR) is 76.5 cm³/mol. The summed E-state index contributed by atoms with van der Waals surface area (Å²) in [4.78, 5) is 12.8. The van der Waals surface area contributed by atoms with Gasteiger partial charge in [-0.25, -0.2) is 15.0 Å². The molecule has 0 atom stereocenters. The second kappa shape index (κ2) is 5.81. The highest BCUT2D eigenvalue weighted by molar-refractivity contribution is 7.09. The zero-order chi connectivity index (χ0) is 13.9. The van der Waals surface area contributed by atoms with E-state index in [-0.39, 0.29) is 5.54 Å². The lowest BCUT2D eigenvalue weighted by Crippen LogP contribution is -2.28. The Bertz CT molecular complexity index is 545. The maximum absolute atomic E-state index is 5.98. The summed E-state index contributed by atoms with van der Waals surface area (Å²) in [7, 11) is 1.59. The molecule has 19 heavy (non-hydrogen) atoms. The molecule has 1 N–H and O–H groups in total. The van der Waals surface area contributed by atoms with E-state index in [1.807, 2.05) is 19.2 Å². The van der Waals surface area contributed by atoms with E-state index in [1.54, 1.807) is 30.7 Å². The second-order valence-electron chi connectivity index (χ2n) is 4.51. The van der Waals surface area contributed by atoms with Gasteiger partial charge in [-0.2, -0.15) is 0 Å². The van der Waals surface area contributed by atoms with Crippen LogP contribution in [-0.4, -0.2) is 22.1 Å². The molecule has 7 heteroatoms. The van der Waals surface area contributed by atoms with Crippen LogP contribution in [0.4, 0.5) is 5.82 Å². The number of aromatic nitrogens is 3. The number of halogens is 1. The first-order valence-corrected chi connectivity index (χ1v) is 6.97. The highest BCUT2D eigenvalue weighted by Crippen LogP contribution is 2.27. The SMILES string of the molecule is COCc1nc(Cl)cc(NC(C)(C)c2nccs2)n1. The lowest BCUT2D eigenvalue weighted by atomic mass is 10.1. The molecule has 2 heterocycles. The van der Waals surface area contributed by atoms with Gasteiger partial charge >= 0.3 is 0 Å². The Labute approximate surface area is 121 Å². The van der Waals surface area contributed by atoms with Gasteiger partial charge in [-0.15, -0.1) is 11.3 Å². The van der Waals surface area contributed by atoms with Crippen molar-refractivity contribution in [1.82, 2.24) is 15.0 Å². The normalized spacial score (nSPS) is 11.6. The molecule has 2 rings (SSSR count). The molecule has 0 aromatic carbocycles. The molecule has 0 fully saturated rings. The molecule has 0 amide bonds. The fraction of sp³-hybridized carbons (Fsp3) is 0.417. The zero-order valence-electron chi connectivity index (χ0n) is 11.0. The van der Waals surface area contributed by atoms with Crippen molar-refractivity contribution in [2.24, 2.45) is 0 Å². The number of methoxy groups -OCH3 is 1.